The van der Waals surface area contributed by atoms with Gasteiger partial charge in [-0.1, -0.05) is 0 Å². The number of hydrogen-bond donors (Lipinski definition) is 2. The van der Waals surface area contributed by atoms with Crippen LogP contribution in [0.5, 0.6) is 11.5 Å². The van der Waals surface area contributed by atoms with Gasteiger partial charge in [-0.3, -0.25) is 4.99 Å². The van der Waals surface area contributed by atoms with Gasteiger partial charge in [0.25, 0.3) is 0 Å². The number of rotatable bonds is 3. The molecule has 0 spiro atoms. The van der Waals surface area contributed by atoms with Gasteiger partial charge in [-0.15, -0.1) is 0 Å². The second-order valence-electron chi connectivity index (χ2n) is 4.79. The van der Waals surface area contributed by atoms with Crippen molar-refractivity contribution in [1.82, 2.24) is 4.90 Å². The van der Waals surface area contributed by atoms with Gasteiger partial charge >= 0.3 is 0 Å². The van der Waals surface area contributed by atoms with Crippen molar-refractivity contribution in [3.63, 3.8) is 0 Å². The van der Waals surface area contributed by atoms with E-state index in [4.69, 9.17) is 19.9 Å². The van der Waals surface area contributed by atoms with E-state index in [2.05, 4.69) is 15.2 Å². The van der Waals surface area contributed by atoms with Crippen molar-refractivity contribution in [2.45, 2.75) is 0 Å². The van der Waals surface area contributed by atoms with Crippen molar-refractivity contribution >= 4 is 11.6 Å². The number of morpholine rings is 1. The largest absolute Gasteiger partial charge is 0.454 e. The zero-order valence-electron chi connectivity index (χ0n) is 11.9. The minimum atomic E-state index is 0.274. The summed E-state index contributed by atoms with van der Waals surface area (Å²) in [6, 6.07) is 5.76. The Morgan fingerprint density at radius 3 is 2.86 bits per heavy atom. The fourth-order valence-electron chi connectivity index (χ4n) is 2.27. The SMILES string of the molecule is NCCN=C(Nc1ccc2c(c1)OCO2)N1CCOCC1. The normalized spacial score (nSPS) is 18.0. The Hall–Kier alpha value is -1.99. The lowest BCUT2D eigenvalue weighted by Gasteiger charge is -2.30. The van der Waals surface area contributed by atoms with Gasteiger partial charge in [0.1, 0.15) is 0 Å². The first-order valence-corrected chi connectivity index (χ1v) is 7.11. The van der Waals surface area contributed by atoms with E-state index in [0.29, 0.717) is 26.3 Å². The number of guanidine groups is 1. The number of fused-ring (bicyclic) bond motifs is 1. The third-order valence-electron chi connectivity index (χ3n) is 3.33. The summed E-state index contributed by atoms with van der Waals surface area (Å²) in [5.74, 6) is 2.34. The number of nitrogens with two attached hydrogens (primary N) is 1. The molecule has 1 saturated heterocycles. The van der Waals surface area contributed by atoms with Crippen LogP contribution < -0.4 is 20.5 Å². The lowest BCUT2D eigenvalue weighted by Crippen LogP contribution is -2.44. The van der Waals surface area contributed by atoms with Crippen LogP contribution >= 0.6 is 0 Å². The fourth-order valence-corrected chi connectivity index (χ4v) is 2.27. The molecule has 21 heavy (non-hydrogen) atoms. The molecular formula is C14H20N4O3. The molecule has 0 unspecified atom stereocenters. The zero-order chi connectivity index (χ0) is 14.5. The highest BCUT2D eigenvalue weighted by Crippen LogP contribution is 2.34. The molecule has 2 aliphatic heterocycles. The summed E-state index contributed by atoms with van der Waals surface area (Å²) >= 11 is 0. The lowest BCUT2D eigenvalue weighted by molar-refractivity contribution is 0.0679. The molecular weight excluding hydrogens is 272 g/mol. The van der Waals surface area contributed by atoms with Crippen LogP contribution in [0.1, 0.15) is 0 Å². The summed E-state index contributed by atoms with van der Waals surface area (Å²) in [6.07, 6.45) is 0. The number of benzene rings is 1. The van der Waals surface area contributed by atoms with Gasteiger partial charge < -0.3 is 30.2 Å². The molecule has 3 N–H and O–H groups in total. The van der Waals surface area contributed by atoms with E-state index in [0.717, 1.165) is 36.2 Å². The van der Waals surface area contributed by atoms with Gasteiger partial charge in [-0.05, 0) is 12.1 Å². The highest BCUT2D eigenvalue weighted by Gasteiger charge is 2.17. The van der Waals surface area contributed by atoms with E-state index in [1.165, 1.54) is 0 Å². The quantitative estimate of drug-likeness (QED) is 0.623. The second kappa shape index (κ2) is 6.64. The molecule has 2 aliphatic rings. The zero-order valence-corrected chi connectivity index (χ0v) is 11.9. The third-order valence-corrected chi connectivity index (χ3v) is 3.33. The summed E-state index contributed by atoms with van der Waals surface area (Å²) in [5.41, 5.74) is 6.48. The molecule has 7 nitrogen and oxygen atoms in total. The topological polar surface area (TPSA) is 81.3 Å². The van der Waals surface area contributed by atoms with Crippen LogP contribution in [0.15, 0.2) is 23.2 Å². The Morgan fingerprint density at radius 1 is 1.24 bits per heavy atom. The third kappa shape index (κ3) is 3.37. The maximum atomic E-state index is 5.56. The van der Waals surface area contributed by atoms with E-state index in [1.54, 1.807) is 0 Å². The Labute approximate surface area is 123 Å². The first-order valence-electron chi connectivity index (χ1n) is 7.11. The number of anilines is 1. The molecule has 0 aliphatic carbocycles. The molecule has 0 amide bonds. The molecule has 7 heteroatoms. The number of nitrogens with zero attached hydrogens (tertiary/aromatic N) is 2. The molecule has 1 aromatic rings. The van der Waals surface area contributed by atoms with Crippen LogP contribution in [0.3, 0.4) is 0 Å². The molecule has 0 aromatic heterocycles. The fraction of sp³-hybridized carbons (Fsp3) is 0.500. The van der Waals surface area contributed by atoms with Crippen LogP contribution in [0, 0.1) is 0 Å². The monoisotopic (exact) mass is 292 g/mol. The second-order valence-corrected chi connectivity index (χ2v) is 4.79. The molecule has 114 valence electrons. The first-order chi connectivity index (χ1) is 10.4. The summed E-state index contributed by atoms with van der Waals surface area (Å²) in [6.45, 7) is 4.45. The molecule has 0 saturated carbocycles. The minimum absolute atomic E-state index is 0.274. The predicted octanol–water partition coefficient (Wildman–Crippen LogP) is 0.474. The molecule has 0 radical (unpaired) electrons. The molecule has 1 fully saturated rings. The van der Waals surface area contributed by atoms with Gasteiger partial charge in [0.2, 0.25) is 6.79 Å². The maximum absolute atomic E-state index is 5.56. The smallest absolute Gasteiger partial charge is 0.231 e. The van der Waals surface area contributed by atoms with E-state index < -0.39 is 0 Å². The van der Waals surface area contributed by atoms with Gasteiger partial charge in [0.05, 0.1) is 19.8 Å². The van der Waals surface area contributed by atoms with Gasteiger partial charge in [0.15, 0.2) is 17.5 Å². The van der Waals surface area contributed by atoms with E-state index in [9.17, 15) is 0 Å². The summed E-state index contributed by atoms with van der Waals surface area (Å²) < 4.78 is 16.1. The average molecular weight is 292 g/mol. The van der Waals surface area contributed by atoms with E-state index in [1.807, 2.05) is 18.2 Å². The number of aliphatic imine (C=N–C) groups is 1. The molecule has 0 atom stereocenters. The number of nitrogens with one attached hydrogen (secondary N) is 1. The van der Waals surface area contributed by atoms with Crippen LogP contribution in [0.4, 0.5) is 5.69 Å². The summed E-state index contributed by atoms with van der Waals surface area (Å²) in [5, 5.41) is 3.34. The Kier molecular flexibility index (Phi) is 4.42. The van der Waals surface area contributed by atoms with Crippen LogP contribution in [-0.4, -0.2) is 57.0 Å². The number of ether oxygens (including phenoxy) is 3. The Bertz CT molecular complexity index is 515. The summed E-state index contributed by atoms with van der Waals surface area (Å²) in [4.78, 5) is 6.70. The molecule has 0 bridgehead atoms. The highest BCUT2D eigenvalue weighted by molar-refractivity contribution is 5.94. The van der Waals surface area contributed by atoms with E-state index in [-0.39, 0.29) is 6.79 Å². The van der Waals surface area contributed by atoms with Crippen LogP contribution in [-0.2, 0) is 4.74 Å². The molecule has 2 heterocycles. The average Bonchev–Trinajstić information content (AvgIpc) is 3.00. The van der Waals surface area contributed by atoms with E-state index >= 15 is 0 Å². The van der Waals surface area contributed by atoms with Crippen molar-refractivity contribution in [2.75, 3.05) is 51.5 Å². The first kappa shape index (κ1) is 14.0. The maximum Gasteiger partial charge on any atom is 0.231 e. The predicted molar refractivity (Wildman–Crippen MR) is 79.9 cm³/mol. The standard InChI is InChI=1S/C14H20N4O3/c15-3-4-16-14(18-5-7-19-8-6-18)17-11-1-2-12-13(9-11)21-10-20-12/h1-2,9H,3-8,10,15H2,(H,16,17). The van der Waals surface area contributed by atoms with Gasteiger partial charge in [-0.2, -0.15) is 0 Å². The van der Waals surface area contributed by atoms with Crippen molar-refractivity contribution < 1.29 is 14.2 Å². The highest BCUT2D eigenvalue weighted by atomic mass is 16.7. The Balaban J connectivity index is 1.74. The van der Waals surface area contributed by atoms with Crippen LogP contribution in [0.25, 0.3) is 0 Å². The van der Waals surface area contributed by atoms with Gasteiger partial charge in [-0.25, -0.2) is 0 Å². The van der Waals surface area contributed by atoms with Crippen LogP contribution in [0.2, 0.25) is 0 Å². The lowest BCUT2D eigenvalue weighted by atomic mass is 10.3. The van der Waals surface area contributed by atoms with Crippen molar-refractivity contribution in [3.8, 4) is 11.5 Å². The molecule has 3 rings (SSSR count). The van der Waals surface area contributed by atoms with Crippen molar-refractivity contribution in [3.05, 3.63) is 18.2 Å². The number of hydrogen-bond acceptors (Lipinski definition) is 5. The van der Waals surface area contributed by atoms with Crippen molar-refractivity contribution in [2.24, 2.45) is 10.7 Å². The summed E-state index contributed by atoms with van der Waals surface area (Å²) in [7, 11) is 0. The molecule has 1 aromatic carbocycles. The Morgan fingerprint density at radius 2 is 2.05 bits per heavy atom. The van der Waals surface area contributed by atoms with Crippen molar-refractivity contribution in [1.29, 1.82) is 0 Å². The van der Waals surface area contributed by atoms with Gasteiger partial charge in [0, 0.05) is 31.4 Å². The minimum Gasteiger partial charge on any atom is -0.454 e.